The quantitative estimate of drug-likeness (QED) is 0.321. The first-order valence-corrected chi connectivity index (χ1v) is 11.7. The van der Waals surface area contributed by atoms with E-state index in [2.05, 4.69) is 11.1 Å². The van der Waals surface area contributed by atoms with Gasteiger partial charge in [0.1, 0.15) is 5.01 Å². The Morgan fingerprint density at radius 2 is 2.07 bits per heavy atom. The minimum absolute atomic E-state index is 0.235. The summed E-state index contributed by atoms with van der Waals surface area (Å²) in [4.78, 5) is 18.9. The molecule has 0 fully saturated rings. The summed E-state index contributed by atoms with van der Waals surface area (Å²) < 4.78 is 36.8. The first-order valence-electron chi connectivity index (χ1n) is 9.89. The van der Waals surface area contributed by atoms with Gasteiger partial charge in [-0.15, -0.1) is 23.1 Å². The van der Waals surface area contributed by atoms with Crippen LogP contribution >= 0.6 is 23.1 Å². The maximum Gasteiger partial charge on any atom is 0.392 e. The number of nitrogens with zero attached hydrogens (tertiary/aromatic N) is 1. The number of carbonyl (C=O) groups is 1. The topological polar surface area (TPSA) is 30.0 Å². The average Bonchev–Trinajstić information content (AvgIpc) is 3.06. The largest absolute Gasteiger partial charge is 0.392 e. The molecular weight excluding hydrogens is 427 g/mol. The van der Waals surface area contributed by atoms with Gasteiger partial charge >= 0.3 is 6.18 Å². The normalized spacial score (nSPS) is 15.1. The van der Waals surface area contributed by atoms with Gasteiger partial charge in [0.15, 0.2) is 5.78 Å². The summed E-state index contributed by atoms with van der Waals surface area (Å²) in [5.74, 6) is 1.01. The summed E-state index contributed by atoms with van der Waals surface area (Å²) >= 11 is 3.31. The third-order valence-corrected chi connectivity index (χ3v) is 7.40. The summed E-state index contributed by atoms with van der Waals surface area (Å²) in [6, 6.07) is 6.07. The first kappa shape index (κ1) is 22.8. The van der Waals surface area contributed by atoms with Gasteiger partial charge in [-0.2, -0.15) is 13.2 Å². The Labute approximate surface area is 183 Å². The molecule has 0 N–H and O–H groups in total. The molecule has 1 heterocycles. The van der Waals surface area contributed by atoms with E-state index in [1.165, 1.54) is 6.08 Å². The molecule has 0 bridgehead atoms. The average molecular weight is 452 g/mol. The third kappa shape index (κ3) is 6.08. The van der Waals surface area contributed by atoms with E-state index in [1.54, 1.807) is 29.2 Å². The number of thioether (sulfide) groups is 1. The highest BCUT2D eigenvalue weighted by Crippen LogP contribution is 2.33. The van der Waals surface area contributed by atoms with Gasteiger partial charge in [-0.3, -0.25) is 4.79 Å². The highest BCUT2D eigenvalue weighted by Gasteiger charge is 2.24. The molecule has 7 heteroatoms. The highest BCUT2D eigenvalue weighted by molar-refractivity contribution is 7.98. The SMILES string of the molecule is C/C=C(\C/C=C\CC(F)(F)F)c1nc(C)c(CSc2ccc3c(c2)CCCC3=O)s1. The van der Waals surface area contributed by atoms with Crippen molar-refractivity contribution in [2.75, 3.05) is 0 Å². The molecule has 0 saturated heterocycles. The lowest BCUT2D eigenvalue weighted by molar-refractivity contribution is -0.125. The second-order valence-electron chi connectivity index (χ2n) is 7.22. The van der Waals surface area contributed by atoms with Gasteiger partial charge in [-0.05, 0) is 56.4 Å². The number of benzene rings is 1. The standard InChI is InChI=1S/C23H24F3NOS2/c1-3-16(7-4-5-12-23(24,25)26)22-27-15(2)21(30-22)14-29-18-10-11-19-17(13-18)8-6-9-20(19)28/h3-5,10-11,13H,6-9,12,14H2,1-2H3/b5-4-,16-3+. The number of carbonyl (C=O) groups excluding carboxylic acids is 1. The van der Waals surface area contributed by atoms with E-state index in [0.717, 1.165) is 55.8 Å². The zero-order valence-electron chi connectivity index (χ0n) is 17.0. The Kier molecular flexibility index (Phi) is 7.58. The molecule has 0 radical (unpaired) electrons. The van der Waals surface area contributed by atoms with Crippen LogP contribution in [0.2, 0.25) is 0 Å². The smallest absolute Gasteiger partial charge is 0.294 e. The fraction of sp³-hybridized carbons (Fsp3) is 0.391. The van der Waals surface area contributed by atoms with Crippen LogP contribution in [0.3, 0.4) is 0 Å². The van der Waals surface area contributed by atoms with Gasteiger partial charge in [0.2, 0.25) is 0 Å². The third-order valence-electron chi connectivity index (χ3n) is 4.97. The van der Waals surface area contributed by atoms with E-state index in [9.17, 15) is 18.0 Å². The van der Waals surface area contributed by atoms with Crippen LogP contribution in [0.4, 0.5) is 13.2 Å². The van der Waals surface area contributed by atoms with E-state index >= 15 is 0 Å². The number of hydrogen-bond donors (Lipinski definition) is 0. The van der Waals surface area contributed by atoms with E-state index in [0.29, 0.717) is 12.8 Å². The van der Waals surface area contributed by atoms with Crippen LogP contribution in [0.15, 0.2) is 41.3 Å². The van der Waals surface area contributed by atoms with Crippen LogP contribution in [0.25, 0.3) is 5.57 Å². The number of aromatic nitrogens is 1. The van der Waals surface area contributed by atoms with Crippen LogP contribution in [0.5, 0.6) is 0 Å². The van der Waals surface area contributed by atoms with Crippen molar-refractivity contribution >= 4 is 34.5 Å². The molecule has 1 aliphatic carbocycles. The second kappa shape index (κ2) is 9.96. The van der Waals surface area contributed by atoms with Crippen LogP contribution in [-0.2, 0) is 12.2 Å². The molecule has 0 unspecified atom stereocenters. The molecule has 1 aliphatic rings. The summed E-state index contributed by atoms with van der Waals surface area (Å²) in [7, 11) is 0. The number of allylic oxidation sites excluding steroid dienone is 4. The van der Waals surface area contributed by atoms with Crippen molar-refractivity contribution in [3.05, 3.63) is 63.1 Å². The van der Waals surface area contributed by atoms with E-state index in [-0.39, 0.29) is 5.78 Å². The number of halogens is 3. The second-order valence-corrected chi connectivity index (χ2v) is 9.35. The van der Waals surface area contributed by atoms with Crippen molar-refractivity contribution in [3.8, 4) is 0 Å². The lowest BCUT2D eigenvalue weighted by Crippen LogP contribution is -2.10. The molecule has 0 spiro atoms. The summed E-state index contributed by atoms with van der Waals surface area (Å²) in [5, 5.41) is 0.860. The molecule has 0 aliphatic heterocycles. The van der Waals surface area contributed by atoms with E-state index < -0.39 is 12.6 Å². The molecule has 0 amide bonds. The van der Waals surface area contributed by atoms with Gasteiger partial charge in [-0.25, -0.2) is 4.98 Å². The highest BCUT2D eigenvalue weighted by atomic mass is 32.2. The van der Waals surface area contributed by atoms with Gasteiger partial charge in [0.05, 0.1) is 12.1 Å². The summed E-state index contributed by atoms with van der Waals surface area (Å²) in [5.41, 5.74) is 3.89. The van der Waals surface area contributed by atoms with Gasteiger partial charge in [0.25, 0.3) is 0 Å². The predicted molar refractivity (Wildman–Crippen MR) is 118 cm³/mol. The van der Waals surface area contributed by atoms with Gasteiger partial charge < -0.3 is 0 Å². The zero-order valence-corrected chi connectivity index (χ0v) is 18.6. The van der Waals surface area contributed by atoms with E-state index in [4.69, 9.17) is 0 Å². The van der Waals surface area contributed by atoms with Crippen molar-refractivity contribution < 1.29 is 18.0 Å². The van der Waals surface area contributed by atoms with Crippen molar-refractivity contribution in [1.82, 2.24) is 4.98 Å². The Morgan fingerprint density at radius 3 is 2.80 bits per heavy atom. The minimum atomic E-state index is -4.17. The van der Waals surface area contributed by atoms with Crippen molar-refractivity contribution in [1.29, 1.82) is 0 Å². The summed E-state index contributed by atoms with van der Waals surface area (Å²) in [6.07, 6.45) is 2.50. The maximum atomic E-state index is 12.3. The Morgan fingerprint density at radius 1 is 1.27 bits per heavy atom. The Bertz CT molecular complexity index is 973. The zero-order chi connectivity index (χ0) is 21.7. The monoisotopic (exact) mass is 451 g/mol. The molecule has 30 heavy (non-hydrogen) atoms. The van der Waals surface area contributed by atoms with Crippen molar-refractivity contribution in [2.24, 2.45) is 0 Å². The van der Waals surface area contributed by atoms with Gasteiger partial charge in [-0.1, -0.05) is 24.3 Å². The van der Waals surface area contributed by atoms with Crippen LogP contribution in [0, 0.1) is 6.92 Å². The number of thiazole rings is 1. The molecule has 2 nitrogen and oxygen atoms in total. The van der Waals surface area contributed by atoms with Crippen LogP contribution < -0.4 is 0 Å². The van der Waals surface area contributed by atoms with Crippen molar-refractivity contribution in [3.63, 3.8) is 0 Å². The molecule has 1 aromatic heterocycles. The van der Waals surface area contributed by atoms with Crippen molar-refractivity contribution in [2.45, 2.75) is 62.8 Å². The molecular formula is C23H24F3NOS2. The molecule has 0 atom stereocenters. The fourth-order valence-corrected chi connectivity index (χ4v) is 5.57. The van der Waals surface area contributed by atoms with Gasteiger partial charge in [0, 0.05) is 27.5 Å². The molecule has 1 aromatic carbocycles. The number of rotatable bonds is 7. The maximum absolute atomic E-state index is 12.3. The molecule has 0 saturated carbocycles. The Balaban J connectivity index is 1.64. The fourth-order valence-electron chi connectivity index (χ4n) is 3.32. The molecule has 160 valence electrons. The number of hydrogen-bond acceptors (Lipinski definition) is 4. The molecule has 3 rings (SSSR count). The Hall–Kier alpha value is -1.86. The number of aryl methyl sites for hydroxylation is 2. The van der Waals surface area contributed by atoms with Crippen LogP contribution in [0.1, 0.15) is 64.1 Å². The minimum Gasteiger partial charge on any atom is -0.294 e. The lowest BCUT2D eigenvalue weighted by Gasteiger charge is -2.15. The molecule has 2 aromatic rings. The number of ketones is 1. The van der Waals surface area contributed by atoms with E-state index in [1.807, 2.05) is 32.1 Å². The first-order chi connectivity index (χ1) is 14.3. The number of alkyl halides is 3. The number of fused-ring (bicyclic) bond motifs is 1. The van der Waals surface area contributed by atoms with Crippen LogP contribution in [-0.4, -0.2) is 16.9 Å². The summed E-state index contributed by atoms with van der Waals surface area (Å²) in [6.45, 7) is 3.85. The lowest BCUT2D eigenvalue weighted by atomic mass is 9.91. The predicted octanol–water partition coefficient (Wildman–Crippen LogP) is 7.56. The number of Topliss-reactive ketones (excluding diaryl/α,β-unsaturated/α-hetero) is 1.